The molecule has 4 heteroatoms. The maximum Gasteiger partial charge on any atom is 0.335 e. The number of rotatable bonds is 1. The van der Waals surface area contributed by atoms with Crippen molar-refractivity contribution in [3.63, 3.8) is 0 Å². The van der Waals surface area contributed by atoms with Gasteiger partial charge >= 0.3 is 5.63 Å². The molecule has 4 saturated carbocycles. The second kappa shape index (κ2) is 6.18. The van der Waals surface area contributed by atoms with Gasteiger partial charge in [-0.3, -0.25) is 0 Å². The van der Waals surface area contributed by atoms with Crippen molar-refractivity contribution in [3.8, 4) is 0 Å². The van der Waals surface area contributed by atoms with Crippen LogP contribution in [0.5, 0.6) is 0 Å². The minimum absolute atomic E-state index is 0.129. The topological polar surface area (TPSA) is 70.7 Å². The summed E-state index contributed by atoms with van der Waals surface area (Å²) in [5.74, 6) is 1.76. The average molecular weight is 387 g/mol. The largest absolute Gasteiger partial charge is 0.431 e. The number of aliphatic hydroxyl groups is 2. The first-order valence-corrected chi connectivity index (χ1v) is 11.3. The lowest BCUT2D eigenvalue weighted by Crippen LogP contribution is -2.62. The summed E-state index contributed by atoms with van der Waals surface area (Å²) in [6.45, 7) is 4.73. The van der Waals surface area contributed by atoms with Crippen LogP contribution in [-0.2, 0) is 0 Å². The molecule has 0 aromatic carbocycles. The van der Waals surface area contributed by atoms with E-state index < -0.39 is 5.60 Å². The molecule has 1 aromatic heterocycles. The van der Waals surface area contributed by atoms with Crippen LogP contribution in [-0.4, -0.2) is 21.9 Å². The number of aliphatic hydroxyl groups excluding tert-OH is 1. The molecule has 4 fully saturated rings. The summed E-state index contributed by atoms with van der Waals surface area (Å²) in [5.41, 5.74) is 0.219. The second-order valence-electron chi connectivity index (χ2n) is 10.8. The van der Waals surface area contributed by atoms with Gasteiger partial charge in [0.15, 0.2) is 0 Å². The van der Waals surface area contributed by atoms with E-state index in [-0.39, 0.29) is 28.5 Å². The van der Waals surface area contributed by atoms with Crippen molar-refractivity contribution in [2.45, 2.75) is 89.3 Å². The monoisotopic (exact) mass is 386 g/mol. The summed E-state index contributed by atoms with van der Waals surface area (Å²) in [4.78, 5) is 11.4. The molecular formula is C24H34O4. The third kappa shape index (κ3) is 2.40. The highest BCUT2D eigenvalue weighted by atomic mass is 16.4. The maximum atomic E-state index is 12.2. The first kappa shape index (κ1) is 18.9. The molecule has 28 heavy (non-hydrogen) atoms. The van der Waals surface area contributed by atoms with E-state index in [1.165, 1.54) is 12.5 Å². The molecule has 0 saturated heterocycles. The zero-order chi connectivity index (χ0) is 19.7. The minimum atomic E-state index is -0.638. The van der Waals surface area contributed by atoms with Gasteiger partial charge in [-0.15, -0.1) is 0 Å². The summed E-state index contributed by atoms with van der Waals surface area (Å²) in [6, 6.07) is 3.42. The molecule has 1 aromatic rings. The number of hydrogen-bond donors (Lipinski definition) is 2. The molecular weight excluding hydrogens is 352 g/mol. The van der Waals surface area contributed by atoms with Crippen LogP contribution >= 0.6 is 0 Å². The van der Waals surface area contributed by atoms with E-state index in [0.717, 1.165) is 56.9 Å². The Morgan fingerprint density at radius 1 is 1.00 bits per heavy atom. The van der Waals surface area contributed by atoms with Gasteiger partial charge in [0.2, 0.25) is 0 Å². The molecule has 4 aliphatic rings. The molecule has 8 atom stereocenters. The highest BCUT2D eigenvalue weighted by Gasteiger charge is 2.67. The molecule has 0 bridgehead atoms. The number of hydrogen-bond acceptors (Lipinski definition) is 4. The lowest BCUT2D eigenvalue weighted by Gasteiger charge is -2.63. The van der Waals surface area contributed by atoms with Crippen molar-refractivity contribution in [2.75, 3.05) is 0 Å². The second-order valence-corrected chi connectivity index (χ2v) is 10.8. The smallest absolute Gasteiger partial charge is 0.335 e. The molecule has 2 N–H and O–H groups in total. The Kier molecular flexibility index (Phi) is 4.17. The molecule has 0 aliphatic heterocycles. The third-order valence-corrected chi connectivity index (χ3v) is 9.95. The van der Waals surface area contributed by atoms with Gasteiger partial charge in [0.05, 0.1) is 18.0 Å². The quantitative estimate of drug-likeness (QED) is 0.757. The molecule has 4 aliphatic carbocycles. The van der Waals surface area contributed by atoms with Crippen molar-refractivity contribution in [1.29, 1.82) is 0 Å². The predicted molar refractivity (Wildman–Crippen MR) is 107 cm³/mol. The molecule has 3 unspecified atom stereocenters. The van der Waals surface area contributed by atoms with Crippen LogP contribution in [0.15, 0.2) is 27.6 Å². The molecule has 154 valence electrons. The van der Waals surface area contributed by atoms with Crippen LogP contribution < -0.4 is 5.63 Å². The van der Waals surface area contributed by atoms with Gasteiger partial charge in [0.25, 0.3) is 0 Å². The summed E-state index contributed by atoms with van der Waals surface area (Å²) in [7, 11) is 0. The van der Waals surface area contributed by atoms with Crippen LogP contribution in [0.2, 0.25) is 0 Å². The van der Waals surface area contributed by atoms with Gasteiger partial charge in [-0.1, -0.05) is 13.8 Å². The highest BCUT2D eigenvalue weighted by Crippen LogP contribution is 2.70. The van der Waals surface area contributed by atoms with Crippen molar-refractivity contribution in [2.24, 2.45) is 28.6 Å². The van der Waals surface area contributed by atoms with E-state index in [1.54, 1.807) is 6.26 Å². The molecule has 0 spiro atoms. The van der Waals surface area contributed by atoms with Gasteiger partial charge in [-0.2, -0.15) is 0 Å². The van der Waals surface area contributed by atoms with E-state index in [0.29, 0.717) is 17.8 Å². The normalized spacial score (nSPS) is 50.5. The lowest BCUT2D eigenvalue weighted by molar-refractivity contribution is -0.205. The highest BCUT2D eigenvalue weighted by molar-refractivity contribution is 5.27. The Morgan fingerprint density at radius 2 is 1.82 bits per heavy atom. The van der Waals surface area contributed by atoms with Crippen LogP contribution in [0.4, 0.5) is 0 Å². The maximum absolute atomic E-state index is 12.2. The Bertz CT molecular complexity index is 797. The summed E-state index contributed by atoms with van der Waals surface area (Å²) in [5, 5.41) is 22.4. The first-order chi connectivity index (χ1) is 13.3. The van der Waals surface area contributed by atoms with Crippen LogP contribution in [0.3, 0.4) is 0 Å². The zero-order valence-corrected chi connectivity index (χ0v) is 17.2. The van der Waals surface area contributed by atoms with Gasteiger partial charge < -0.3 is 14.6 Å². The summed E-state index contributed by atoms with van der Waals surface area (Å²) < 4.78 is 5.17. The van der Waals surface area contributed by atoms with Crippen molar-refractivity contribution in [1.82, 2.24) is 0 Å². The van der Waals surface area contributed by atoms with E-state index in [1.807, 2.05) is 6.07 Å². The molecule has 0 radical (unpaired) electrons. The fourth-order valence-electron chi connectivity index (χ4n) is 8.30. The Balaban J connectivity index is 1.48. The number of fused-ring (bicyclic) bond motifs is 5. The molecule has 1 heterocycles. The summed E-state index contributed by atoms with van der Waals surface area (Å²) in [6.07, 6.45) is 10.7. The predicted octanol–water partition coefficient (Wildman–Crippen LogP) is 4.24. The van der Waals surface area contributed by atoms with Crippen molar-refractivity contribution < 1.29 is 14.6 Å². The standard InChI is InChI=1S/C24H34O4/c1-22-10-7-17(25)13-16(22)4-5-20-19(22)8-11-23(2)18(9-12-24(20,23)27)15-3-6-21(26)28-14-15/h3,6,14,16-20,25,27H,4-5,7-13H2,1-2H3/t16-,17?,18-,19+,20-,22+,23?,24?/m1/s1. The molecule has 4 nitrogen and oxygen atoms in total. The van der Waals surface area contributed by atoms with Gasteiger partial charge in [-0.25, -0.2) is 4.79 Å². The van der Waals surface area contributed by atoms with Crippen molar-refractivity contribution >= 4 is 0 Å². The average Bonchev–Trinajstić information content (AvgIpc) is 2.95. The Morgan fingerprint density at radius 3 is 2.57 bits per heavy atom. The van der Waals surface area contributed by atoms with Crippen LogP contribution in [0, 0.1) is 28.6 Å². The van der Waals surface area contributed by atoms with E-state index in [4.69, 9.17) is 4.42 Å². The Labute approximate surface area is 167 Å². The summed E-state index contributed by atoms with van der Waals surface area (Å²) >= 11 is 0. The Hall–Kier alpha value is -1.13. The van der Waals surface area contributed by atoms with Crippen LogP contribution in [0.25, 0.3) is 0 Å². The van der Waals surface area contributed by atoms with E-state index in [9.17, 15) is 15.0 Å². The zero-order valence-electron chi connectivity index (χ0n) is 17.2. The van der Waals surface area contributed by atoms with Crippen LogP contribution in [0.1, 0.15) is 83.1 Å². The lowest BCUT2D eigenvalue weighted by atomic mass is 9.43. The van der Waals surface area contributed by atoms with Gasteiger partial charge in [-0.05, 0) is 98.5 Å². The van der Waals surface area contributed by atoms with Crippen molar-refractivity contribution in [3.05, 3.63) is 34.4 Å². The fraction of sp³-hybridized carbons (Fsp3) is 0.792. The molecule has 0 amide bonds. The minimum Gasteiger partial charge on any atom is -0.431 e. The fourth-order valence-corrected chi connectivity index (χ4v) is 8.30. The third-order valence-electron chi connectivity index (χ3n) is 9.95. The first-order valence-electron chi connectivity index (χ1n) is 11.3. The van der Waals surface area contributed by atoms with E-state index in [2.05, 4.69) is 13.8 Å². The van der Waals surface area contributed by atoms with Gasteiger partial charge in [0, 0.05) is 11.5 Å². The SMILES string of the molecule is CC12CC[C@H]3[C@@H](CC[C@@H]4CC(O)CC[C@@]43C)C1(O)CC[C@@H]2c1ccc(=O)oc1. The van der Waals surface area contributed by atoms with E-state index >= 15 is 0 Å². The molecule has 5 rings (SSSR count). The van der Waals surface area contributed by atoms with Gasteiger partial charge in [0.1, 0.15) is 0 Å².